The molecule has 2 aromatic carbocycles. The van der Waals surface area contributed by atoms with E-state index in [1.165, 1.54) is 16.5 Å². The fourth-order valence-corrected chi connectivity index (χ4v) is 3.18. The fourth-order valence-electron chi connectivity index (χ4n) is 2.86. The van der Waals surface area contributed by atoms with E-state index in [-0.39, 0.29) is 0 Å². The fraction of sp³-hybridized carbons (Fsp3) is 0.300. The number of hydrogen-bond donors (Lipinski definition) is 1. The van der Waals surface area contributed by atoms with Crippen LogP contribution in [0.15, 0.2) is 48.7 Å². The van der Waals surface area contributed by atoms with Gasteiger partial charge < -0.3 is 9.88 Å². The van der Waals surface area contributed by atoms with Crippen molar-refractivity contribution in [1.29, 1.82) is 0 Å². The van der Waals surface area contributed by atoms with E-state index in [1.807, 2.05) is 18.2 Å². The Morgan fingerprint density at radius 3 is 2.62 bits per heavy atom. The molecule has 0 radical (unpaired) electrons. The lowest BCUT2D eigenvalue weighted by atomic mass is 10.1. The first-order valence-electron chi connectivity index (χ1n) is 8.32. The minimum Gasteiger partial charge on any atom is -0.343 e. The Kier molecular flexibility index (Phi) is 5.50. The molecule has 126 valence electrons. The summed E-state index contributed by atoms with van der Waals surface area (Å²) in [4.78, 5) is 0. The van der Waals surface area contributed by atoms with Gasteiger partial charge in [0, 0.05) is 36.2 Å². The third-order valence-electron chi connectivity index (χ3n) is 4.46. The van der Waals surface area contributed by atoms with Crippen LogP contribution < -0.4 is 5.32 Å². The molecule has 1 aromatic heterocycles. The monoisotopic (exact) mass is 360 g/mol. The van der Waals surface area contributed by atoms with Crippen LogP contribution in [0.4, 0.5) is 0 Å². The Hall–Kier alpha value is -1.48. The zero-order valence-electron chi connectivity index (χ0n) is 14.0. The number of fused-ring (bicyclic) bond motifs is 1. The number of rotatable bonds is 6. The van der Waals surface area contributed by atoms with Gasteiger partial charge in [-0.25, -0.2) is 0 Å². The third kappa shape index (κ3) is 3.77. The summed E-state index contributed by atoms with van der Waals surface area (Å²) in [5, 5.41) is 6.08. The van der Waals surface area contributed by atoms with Crippen molar-refractivity contribution in [2.45, 2.75) is 39.4 Å². The van der Waals surface area contributed by atoms with Crippen molar-refractivity contribution in [3.8, 4) is 0 Å². The Balaban J connectivity index is 1.91. The molecule has 2 nitrogen and oxygen atoms in total. The highest BCUT2D eigenvalue weighted by molar-refractivity contribution is 6.42. The van der Waals surface area contributed by atoms with E-state index in [2.05, 4.69) is 54.2 Å². The van der Waals surface area contributed by atoms with Gasteiger partial charge >= 0.3 is 0 Å². The van der Waals surface area contributed by atoms with Gasteiger partial charge in [-0.3, -0.25) is 0 Å². The van der Waals surface area contributed by atoms with E-state index < -0.39 is 0 Å². The highest BCUT2D eigenvalue weighted by Gasteiger charge is 2.10. The lowest BCUT2D eigenvalue weighted by Gasteiger charge is -2.10. The van der Waals surface area contributed by atoms with Crippen LogP contribution in [0.5, 0.6) is 0 Å². The standard InChI is InChI=1S/C20H22Cl2N2/c1-3-14(2)23-11-16-13-24(20-7-5-4-6-17(16)20)12-15-8-9-18(21)19(22)10-15/h4-10,13-14,23H,3,11-12H2,1-2H3/t14-/m1/s1. The molecule has 0 saturated heterocycles. The van der Waals surface area contributed by atoms with Gasteiger partial charge in [-0.1, -0.05) is 54.4 Å². The number of para-hydroxylation sites is 1. The SMILES string of the molecule is CC[C@@H](C)NCc1cn(Cc2ccc(Cl)c(Cl)c2)c2ccccc12. The summed E-state index contributed by atoms with van der Waals surface area (Å²) in [7, 11) is 0. The molecule has 1 N–H and O–H groups in total. The van der Waals surface area contributed by atoms with Gasteiger partial charge in [0.15, 0.2) is 0 Å². The summed E-state index contributed by atoms with van der Waals surface area (Å²) < 4.78 is 2.28. The molecule has 1 heterocycles. The molecule has 0 bridgehead atoms. The average Bonchev–Trinajstić information content (AvgIpc) is 2.94. The molecule has 24 heavy (non-hydrogen) atoms. The van der Waals surface area contributed by atoms with Crippen LogP contribution >= 0.6 is 23.2 Å². The second-order valence-corrected chi connectivity index (χ2v) is 7.05. The molecule has 0 saturated carbocycles. The summed E-state index contributed by atoms with van der Waals surface area (Å²) in [5.74, 6) is 0. The molecule has 0 fully saturated rings. The van der Waals surface area contributed by atoms with Crippen LogP contribution in [0.3, 0.4) is 0 Å². The first kappa shape index (κ1) is 17.3. The van der Waals surface area contributed by atoms with Gasteiger partial charge in [0.1, 0.15) is 0 Å². The molecule has 3 rings (SSSR count). The predicted molar refractivity (Wildman–Crippen MR) is 104 cm³/mol. The van der Waals surface area contributed by atoms with Gasteiger partial charge in [0.25, 0.3) is 0 Å². The number of nitrogens with zero attached hydrogens (tertiary/aromatic N) is 1. The van der Waals surface area contributed by atoms with Crippen LogP contribution in [0.2, 0.25) is 10.0 Å². The first-order valence-corrected chi connectivity index (χ1v) is 9.08. The Morgan fingerprint density at radius 1 is 1.08 bits per heavy atom. The average molecular weight is 361 g/mol. The summed E-state index contributed by atoms with van der Waals surface area (Å²) in [5.41, 5.74) is 3.71. The van der Waals surface area contributed by atoms with Crippen LogP contribution in [0.25, 0.3) is 10.9 Å². The zero-order chi connectivity index (χ0) is 17.1. The normalized spacial score (nSPS) is 12.7. The molecule has 0 amide bonds. The van der Waals surface area contributed by atoms with Crippen molar-refractivity contribution in [1.82, 2.24) is 9.88 Å². The van der Waals surface area contributed by atoms with Crippen molar-refractivity contribution in [3.63, 3.8) is 0 Å². The minimum atomic E-state index is 0.516. The second kappa shape index (κ2) is 7.60. The highest BCUT2D eigenvalue weighted by atomic mass is 35.5. The molecule has 4 heteroatoms. The van der Waals surface area contributed by atoms with Gasteiger partial charge in [-0.2, -0.15) is 0 Å². The molecule has 0 unspecified atom stereocenters. The second-order valence-electron chi connectivity index (χ2n) is 6.24. The van der Waals surface area contributed by atoms with Gasteiger partial charge in [-0.05, 0) is 42.7 Å². The van der Waals surface area contributed by atoms with Crippen LogP contribution in [-0.2, 0) is 13.1 Å². The van der Waals surface area contributed by atoms with Gasteiger partial charge in [0.05, 0.1) is 10.0 Å². The maximum Gasteiger partial charge on any atom is 0.0595 e. The molecule has 0 spiro atoms. The highest BCUT2D eigenvalue weighted by Crippen LogP contribution is 2.26. The number of halogens is 2. The van der Waals surface area contributed by atoms with Gasteiger partial charge in [-0.15, -0.1) is 0 Å². The Labute approximate surface area is 153 Å². The first-order chi connectivity index (χ1) is 11.6. The summed E-state index contributed by atoms with van der Waals surface area (Å²) in [6.45, 7) is 6.07. The van der Waals surface area contributed by atoms with Crippen LogP contribution in [0.1, 0.15) is 31.4 Å². The maximum absolute atomic E-state index is 6.15. The predicted octanol–water partition coefficient (Wildman–Crippen LogP) is 5.88. The number of aromatic nitrogens is 1. The Bertz CT molecular complexity index is 839. The number of hydrogen-bond acceptors (Lipinski definition) is 1. The molecule has 0 aliphatic rings. The number of nitrogens with one attached hydrogen (secondary N) is 1. The summed E-state index contributed by atoms with van der Waals surface area (Å²) in [6.07, 6.45) is 3.37. The van der Waals surface area contributed by atoms with Crippen LogP contribution in [0, 0.1) is 0 Å². The van der Waals surface area contributed by atoms with Crippen molar-refractivity contribution >= 4 is 34.1 Å². The van der Waals surface area contributed by atoms with Crippen LogP contribution in [-0.4, -0.2) is 10.6 Å². The van der Waals surface area contributed by atoms with E-state index in [1.54, 1.807) is 0 Å². The summed E-state index contributed by atoms with van der Waals surface area (Å²) >= 11 is 12.2. The van der Waals surface area contributed by atoms with E-state index in [9.17, 15) is 0 Å². The van der Waals surface area contributed by atoms with E-state index in [0.717, 1.165) is 25.1 Å². The maximum atomic E-state index is 6.15. The quantitative estimate of drug-likeness (QED) is 0.580. The van der Waals surface area contributed by atoms with Crippen molar-refractivity contribution < 1.29 is 0 Å². The molecule has 1 atom stereocenters. The topological polar surface area (TPSA) is 17.0 Å². The minimum absolute atomic E-state index is 0.516. The smallest absolute Gasteiger partial charge is 0.0595 e. The lowest BCUT2D eigenvalue weighted by molar-refractivity contribution is 0.535. The van der Waals surface area contributed by atoms with Gasteiger partial charge in [0.2, 0.25) is 0 Å². The largest absolute Gasteiger partial charge is 0.343 e. The molecule has 3 aromatic rings. The molecular formula is C20H22Cl2N2. The molecule has 0 aliphatic carbocycles. The Morgan fingerprint density at radius 2 is 1.88 bits per heavy atom. The zero-order valence-corrected chi connectivity index (χ0v) is 15.5. The van der Waals surface area contributed by atoms with E-state index in [4.69, 9.17) is 23.2 Å². The molecule has 0 aliphatic heterocycles. The third-order valence-corrected chi connectivity index (χ3v) is 5.20. The van der Waals surface area contributed by atoms with Crippen molar-refractivity contribution in [2.75, 3.05) is 0 Å². The van der Waals surface area contributed by atoms with E-state index in [0.29, 0.717) is 16.1 Å². The van der Waals surface area contributed by atoms with Crippen molar-refractivity contribution in [2.24, 2.45) is 0 Å². The van der Waals surface area contributed by atoms with Crippen molar-refractivity contribution in [3.05, 3.63) is 69.8 Å². The lowest BCUT2D eigenvalue weighted by Crippen LogP contribution is -2.24. The molecular weight excluding hydrogens is 339 g/mol. The number of benzene rings is 2. The summed E-state index contributed by atoms with van der Waals surface area (Å²) in [6, 6.07) is 14.9. The van der Waals surface area contributed by atoms with E-state index >= 15 is 0 Å².